The van der Waals surface area contributed by atoms with Crippen molar-refractivity contribution in [2.75, 3.05) is 11.9 Å². The molecule has 1 amide bonds. The van der Waals surface area contributed by atoms with Crippen LogP contribution in [0.15, 0.2) is 18.2 Å². The monoisotopic (exact) mass is 401 g/mol. The van der Waals surface area contributed by atoms with E-state index in [4.69, 9.17) is 27.9 Å². The third kappa shape index (κ3) is 4.95. The number of aromatic nitrogens is 2. The van der Waals surface area contributed by atoms with Crippen molar-refractivity contribution in [1.82, 2.24) is 9.78 Å². The predicted molar refractivity (Wildman–Crippen MR) is 97.1 cm³/mol. The molecule has 2 rings (SSSR count). The summed E-state index contributed by atoms with van der Waals surface area (Å²) in [6, 6.07) is 3.53. The lowest BCUT2D eigenvalue weighted by Crippen LogP contribution is -2.21. The average Bonchev–Trinajstić information content (AvgIpc) is 2.81. The minimum Gasteiger partial charge on any atom is -0.452 e. The molecular formula is C17H18Cl2FN3O3. The number of hydrogen-bond donors (Lipinski definition) is 1. The first-order valence-electron chi connectivity index (χ1n) is 7.84. The van der Waals surface area contributed by atoms with Crippen molar-refractivity contribution in [3.05, 3.63) is 45.4 Å². The maximum Gasteiger partial charge on any atom is 0.343 e. The Morgan fingerprint density at radius 1 is 1.35 bits per heavy atom. The smallest absolute Gasteiger partial charge is 0.343 e. The van der Waals surface area contributed by atoms with Gasteiger partial charge >= 0.3 is 5.97 Å². The van der Waals surface area contributed by atoms with E-state index in [0.29, 0.717) is 18.2 Å². The van der Waals surface area contributed by atoms with Crippen molar-refractivity contribution in [2.24, 2.45) is 5.92 Å². The molecule has 0 aliphatic carbocycles. The minimum atomic E-state index is -0.747. The summed E-state index contributed by atoms with van der Waals surface area (Å²) in [5.74, 6) is -1.59. The van der Waals surface area contributed by atoms with E-state index >= 15 is 0 Å². The lowest BCUT2D eigenvalue weighted by Gasteiger charge is -2.08. The molecule has 6 nitrogen and oxygen atoms in total. The Morgan fingerprint density at radius 3 is 2.65 bits per heavy atom. The number of anilines is 1. The average molecular weight is 402 g/mol. The van der Waals surface area contributed by atoms with Crippen LogP contribution >= 0.6 is 23.2 Å². The van der Waals surface area contributed by atoms with E-state index in [0.717, 1.165) is 12.1 Å². The van der Waals surface area contributed by atoms with Gasteiger partial charge in [0.25, 0.3) is 5.91 Å². The van der Waals surface area contributed by atoms with E-state index in [1.165, 1.54) is 10.7 Å². The second-order valence-electron chi connectivity index (χ2n) is 6.08. The van der Waals surface area contributed by atoms with Gasteiger partial charge in [-0.25, -0.2) is 9.18 Å². The van der Waals surface area contributed by atoms with Crippen LogP contribution in [-0.4, -0.2) is 28.3 Å². The van der Waals surface area contributed by atoms with E-state index in [1.807, 2.05) is 13.8 Å². The summed E-state index contributed by atoms with van der Waals surface area (Å²) < 4.78 is 19.5. The van der Waals surface area contributed by atoms with E-state index in [-0.39, 0.29) is 21.4 Å². The molecule has 0 unspecified atom stereocenters. The van der Waals surface area contributed by atoms with Gasteiger partial charge in [-0.15, -0.1) is 0 Å². The molecule has 1 N–H and O–H groups in total. The summed E-state index contributed by atoms with van der Waals surface area (Å²) in [5, 5.41) is 6.86. The van der Waals surface area contributed by atoms with Gasteiger partial charge in [-0.3, -0.25) is 9.48 Å². The molecule has 0 bridgehead atoms. The van der Waals surface area contributed by atoms with Crippen LogP contribution in [0.1, 0.15) is 29.9 Å². The van der Waals surface area contributed by atoms with Crippen molar-refractivity contribution in [3.63, 3.8) is 0 Å². The molecule has 0 aliphatic rings. The van der Waals surface area contributed by atoms with E-state index in [9.17, 15) is 14.0 Å². The van der Waals surface area contributed by atoms with Gasteiger partial charge in [0, 0.05) is 6.54 Å². The minimum absolute atomic E-state index is 0.0403. The first-order valence-corrected chi connectivity index (χ1v) is 8.59. The van der Waals surface area contributed by atoms with Crippen LogP contribution in [0.3, 0.4) is 0 Å². The zero-order valence-corrected chi connectivity index (χ0v) is 16.0. The molecule has 0 saturated carbocycles. The molecule has 1 aromatic heterocycles. The largest absolute Gasteiger partial charge is 0.452 e. The maximum atomic E-state index is 13.0. The molecule has 0 radical (unpaired) electrons. The van der Waals surface area contributed by atoms with Gasteiger partial charge in [0.2, 0.25) is 0 Å². The Morgan fingerprint density at radius 2 is 2.04 bits per heavy atom. The van der Waals surface area contributed by atoms with Crippen LogP contribution in [0.2, 0.25) is 10.2 Å². The lowest BCUT2D eigenvalue weighted by molar-refractivity contribution is -0.119. The fourth-order valence-electron chi connectivity index (χ4n) is 2.23. The molecule has 1 aromatic carbocycles. The Hall–Kier alpha value is -2.12. The second kappa shape index (κ2) is 8.51. The van der Waals surface area contributed by atoms with Gasteiger partial charge in [-0.05, 0) is 31.0 Å². The Kier molecular flexibility index (Phi) is 6.61. The van der Waals surface area contributed by atoms with Crippen molar-refractivity contribution >= 4 is 40.8 Å². The van der Waals surface area contributed by atoms with Gasteiger partial charge in [-0.2, -0.15) is 5.10 Å². The summed E-state index contributed by atoms with van der Waals surface area (Å²) in [7, 11) is 0. The maximum absolute atomic E-state index is 13.0. The highest BCUT2D eigenvalue weighted by Crippen LogP contribution is 2.23. The second-order valence-corrected chi connectivity index (χ2v) is 6.84. The quantitative estimate of drug-likeness (QED) is 0.739. The highest BCUT2D eigenvalue weighted by atomic mass is 35.5. The van der Waals surface area contributed by atoms with E-state index in [1.54, 1.807) is 6.92 Å². The Labute approximate surface area is 160 Å². The van der Waals surface area contributed by atoms with Crippen LogP contribution in [0.25, 0.3) is 0 Å². The summed E-state index contributed by atoms with van der Waals surface area (Å²) in [5.41, 5.74) is 0.760. The number of benzene rings is 1. The molecular weight excluding hydrogens is 384 g/mol. The molecule has 26 heavy (non-hydrogen) atoms. The fraction of sp³-hybridized carbons (Fsp3) is 0.353. The van der Waals surface area contributed by atoms with Crippen LogP contribution in [0.5, 0.6) is 0 Å². The standard InChI is InChI=1S/C17H18Cl2FN3O3/c1-9(2)7-23-16(19)15(10(3)22-23)17(25)26-8-14(24)21-13-5-4-11(20)6-12(13)18/h4-6,9H,7-8H2,1-3H3,(H,21,24). The third-order valence-corrected chi connectivity index (χ3v) is 4.04. The van der Waals surface area contributed by atoms with Crippen LogP contribution in [0.4, 0.5) is 10.1 Å². The summed E-state index contributed by atoms with van der Waals surface area (Å²) in [4.78, 5) is 24.1. The number of ether oxygens (including phenoxy) is 1. The number of amides is 1. The van der Waals surface area contributed by atoms with Crippen LogP contribution < -0.4 is 5.32 Å². The highest BCUT2D eigenvalue weighted by molar-refractivity contribution is 6.34. The van der Waals surface area contributed by atoms with Gasteiger partial charge < -0.3 is 10.1 Å². The topological polar surface area (TPSA) is 73.2 Å². The molecule has 0 spiro atoms. The lowest BCUT2D eigenvalue weighted by atomic mass is 10.2. The van der Waals surface area contributed by atoms with Gasteiger partial charge in [-0.1, -0.05) is 37.0 Å². The molecule has 140 valence electrons. The first-order chi connectivity index (χ1) is 12.2. The van der Waals surface area contributed by atoms with Gasteiger partial charge in [0.05, 0.1) is 16.4 Å². The Balaban J connectivity index is 2.00. The zero-order valence-electron chi connectivity index (χ0n) is 14.5. The number of esters is 1. The zero-order chi connectivity index (χ0) is 19.4. The van der Waals surface area contributed by atoms with Crippen molar-refractivity contribution in [3.8, 4) is 0 Å². The molecule has 2 aromatic rings. The SMILES string of the molecule is Cc1nn(CC(C)C)c(Cl)c1C(=O)OCC(=O)Nc1ccc(F)cc1Cl. The molecule has 9 heteroatoms. The number of carbonyl (C=O) groups is 2. The fourth-order valence-corrected chi connectivity index (χ4v) is 2.77. The normalized spacial score (nSPS) is 10.9. The third-order valence-electron chi connectivity index (χ3n) is 3.35. The number of nitrogens with one attached hydrogen (secondary N) is 1. The van der Waals surface area contributed by atoms with Gasteiger partial charge in [0.1, 0.15) is 16.5 Å². The number of carbonyl (C=O) groups excluding carboxylic acids is 2. The number of hydrogen-bond acceptors (Lipinski definition) is 4. The van der Waals surface area contributed by atoms with Crippen molar-refractivity contribution in [2.45, 2.75) is 27.3 Å². The Bertz CT molecular complexity index is 837. The number of halogens is 3. The summed E-state index contributed by atoms with van der Waals surface area (Å²) >= 11 is 12.0. The number of aryl methyl sites for hydroxylation is 1. The first kappa shape index (κ1) is 20.2. The summed E-state index contributed by atoms with van der Waals surface area (Å²) in [6.45, 7) is 5.64. The molecule has 0 saturated heterocycles. The van der Waals surface area contributed by atoms with E-state index in [2.05, 4.69) is 10.4 Å². The molecule has 0 aliphatic heterocycles. The number of nitrogens with zero attached hydrogens (tertiary/aromatic N) is 2. The number of rotatable bonds is 6. The van der Waals surface area contributed by atoms with Crippen molar-refractivity contribution < 1.29 is 18.7 Å². The van der Waals surface area contributed by atoms with Crippen LogP contribution in [-0.2, 0) is 16.1 Å². The predicted octanol–water partition coefficient (Wildman–Crippen LogP) is 4.09. The molecule has 1 heterocycles. The van der Waals surface area contributed by atoms with Crippen molar-refractivity contribution in [1.29, 1.82) is 0 Å². The summed E-state index contributed by atoms with van der Waals surface area (Å²) in [6.07, 6.45) is 0. The highest BCUT2D eigenvalue weighted by Gasteiger charge is 2.23. The molecule has 0 atom stereocenters. The van der Waals surface area contributed by atoms with Crippen LogP contribution in [0, 0.1) is 18.7 Å². The van der Waals surface area contributed by atoms with E-state index < -0.39 is 24.3 Å². The van der Waals surface area contributed by atoms with Gasteiger partial charge in [0.15, 0.2) is 6.61 Å². The molecule has 0 fully saturated rings.